The number of carbonyl (C=O) groups excluding carboxylic acids is 1. The van der Waals surface area contributed by atoms with Crippen LogP contribution in [0.3, 0.4) is 0 Å². The Hall–Kier alpha value is -2.90. The molecule has 4 atom stereocenters. The van der Waals surface area contributed by atoms with E-state index in [1.165, 1.54) is 23.4 Å². The van der Waals surface area contributed by atoms with Crippen LogP contribution in [0.2, 0.25) is 0 Å². The van der Waals surface area contributed by atoms with Crippen LogP contribution in [-0.2, 0) is 10.0 Å². The number of likely N-dealkylation sites (N-methyl/N-ethyl adjacent to an activating group) is 1. The molecule has 8 nitrogen and oxygen atoms in total. The molecular formula is C26H32N2O6S. The van der Waals surface area contributed by atoms with Crippen LogP contribution in [0.5, 0.6) is 5.75 Å². The molecule has 0 aliphatic carbocycles. The molecule has 1 aliphatic rings. The molecule has 0 fully saturated rings. The third-order valence-corrected chi connectivity index (χ3v) is 7.93. The first kappa shape index (κ1) is 26.7. The van der Waals surface area contributed by atoms with Gasteiger partial charge in [0, 0.05) is 36.7 Å². The highest BCUT2D eigenvalue weighted by molar-refractivity contribution is 7.89. The summed E-state index contributed by atoms with van der Waals surface area (Å²) in [7, 11) is -2.29. The Labute approximate surface area is 207 Å². The number of nitrogens with zero attached hydrogens (tertiary/aromatic N) is 2. The fourth-order valence-electron chi connectivity index (χ4n) is 3.86. The van der Waals surface area contributed by atoms with Crippen LogP contribution in [0, 0.1) is 17.8 Å². The van der Waals surface area contributed by atoms with Crippen LogP contribution >= 0.6 is 0 Å². The Bertz CT molecular complexity index is 1200. The lowest BCUT2D eigenvalue weighted by Crippen LogP contribution is -2.50. The van der Waals surface area contributed by atoms with Crippen molar-refractivity contribution in [2.24, 2.45) is 5.92 Å². The largest absolute Gasteiger partial charge is 0.487 e. The van der Waals surface area contributed by atoms with E-state index >= 15 is 0 Å². The summed E-state index contributed by atoms with van der Waals surface area (Å²) in [5.41, 5.74) is 1.03. The highest BCUT2D eigenvalue weighted by atomic mass is 32.2. The number of sulfonamides is 1. The van der Waals surface area contributed by atoms with Crippen molar-refractivity contribution in [1.29, 1.82) is 0 Å². The van der Waals surface area contributed by atoms with E-state index in [2.05, 4.69) is 11.8 Å². The summed E-state index contributed by atoms with van der Waals surface area (Å²) in [5, 5.41) is 19.3. The second kappa shape index (κ2) is 11.2. The van der Waals surface area contributed by atoms with Crippen molar-refractivity contribution in [1.82, 2.24) is 9.21 Å². The lowest BCUT2D eigenvalue weighted by molar-refractivity contribution is 0.0563. The Morgan fingerprint density at radius 3 is 2.54 bits per heavy atom. The summed E-state index contributed by atoms with van der Waals surface area (Å²) in [6, 6.07) is 12.8. The van der Waals surface area contributed by atoms with Crippen LogP contribution < -0.4 is 4.74 Å². The molecule has 2 aromatic rings. The van der Waals surface area contributed by atoms with Gasteiger partial charge in [-0.25, -0.2) is 8.42 Å². The third-order valence-electron chi connectivity index (χ3n) is 5.91. The monoisotopic (exact) mass is 500 g/mol. The molecule has 1 aliphatic heterocycles. The van der Waals surface area contributed by atoms with Crippen LogP contribution in [-0.4, -0.2) is 78.7 Å². The first-order chi connectivity index (χ1) is 16.5. The van der Waals surface area contributed by atoms with Crippen molar-refractivity contribution in [3.05, 3.63) is 59.7 Å². The van der Waals surface area contributed by atoms with Crippen molar-refractivity contribution in [2.45, 2.75) is 43.9 Å². The van der Waals surface area contributed by atoms with Gasteiger partial charge in [0.1, 0.15) is 22.9 Å². The summed E-state index contributed by atoms with van der Waals surface area (Å²) in [6.07, 6.45) is -1.37. The van der Waals surface area contributed by atoms with Gasteiger partial charge in [0.25, 0.3) is 5.91 Å². The zero-order valence-corrected chi connectivity index (χ0v) is 21.2. The SMILES string of the molecule is C[C@H](CO)N1C[C@H](C)[C@H](CN(C)C(=O)c2ccccc2)Oc2cc(C#C[C@@H](C)O)ccc2S1(=O)=O. The van der Waals surface area contributed by atoms with Gasteiger partial charge in [-0.05, 0) is 44.2 Å². The fraction of sp³-hybridized carbons (Fsp3) is 0.423. The lowest BCUT2D eigenvalue weighted by atomic mass is 10.0. The molecule has 0 saturated heterocycles. The van der Waals surface area contributed by atoms with Gasteiger partial charge < -0.3 is 19.8 Å². The Kier molecular flexibility index (Phi) is 8.56. The Balaban J connectivity index is 2.02. The summed E-state index contributed by atoms with van der Waals surface area (Å²) in [5.74, 6) is 5.11. The second-order valence-corrected chi connectivity index (χ2v) is 10.8. The summed E-state index contributed by atoms with van der Waals surface area (Å²) in [6.45, 7) is 5.05. The van der Waals surface area contributed by atoms with Crippen LogP contribution in [0.4, 0.5) is 0 Å². The Morgan fingerprint density at radius 1 is 1.23 bits per heavy atom. The predicted molar refractivity (Wildman–Crippen MR) is 132 cm³/mol. The average molecular weight is 501 g/mol. The molecule has 0 spiro atoms. The molecule has 35 heavy (non-hydrogen) atoms. The fourth-order valence-corrected chi connectivity index (χ4v) is 5.69. The van der Waals surface area contributed by atoms with Crippen molar-refractivity contribution in [2.75, 3.05) is 26.7 Å². The smallest absolute Gasteiger partial charge is 0.253 e. The van der Waals surface area contributed by atoms with Gasteiger partial charge in [-0.15, -0.1) is 0 Å². The number of amides is 1. The third kappa shape index (κ3) is 6.21. The first-order valence-corrected chi connectivity index (χ1v) is 12.9. The predicted octanol–water partition coefficient (Wildman–Crippen LogP) is 1.96. The van der Waals surface area contributed by atoms with Crippen molar-refractivity contribution in [3.63, 3.8) is 0 Å². The Morgan fingerprint density at radius 2 is 1.91 bits per heavy atom. The highest BCUT2D eigenvalue weighted by Crippen LogP contribution is 2.34. The van der Waals surface area contributed by atoms with E-state index in [1.54, 1.807) is 49.2 Å². The number of ether oxygens (including phenoxy) is 1. The number of fused-ring (bicyclic) bond motifs is 1. The zero-order chi connectivity index (χ0) is 25.8. The molecule has 2 N–H and O–H groups in total. The number of carbonyl (C=O) groups is 1. The molecule has 2 aromatic carbocycles. The molecule has 0 radical (unpaired) electrons. The normalized spacial score (nSPS) is 21.2. The van der Waals surface area contributed by atoms with Gasteiger partial charge in [-0.2, -0.15) is 4.31 Å². The zero-order valence-electron chi connectivity index (χ0n) is 20.4. The van der Waals surface area contributed by atoms with Crippen molar-refractivity contribution >= 4 is 15.9 Å². The van der Waals surface area contributed by atoms with Crippen molar-refractivity contribution in [3.8, 4) is 17.6 Å². The van der Waals surface area contributed by atoms with E-state index in [-0.39, 0.29) is 42.2 Å². The highest BCUT2D eigenvalue weighted by Gasteiger charge is 2.38. The summed E-state index contributed by atoms with van der Waals surface area (Å²) >= 11 is 0. The topological polar surface area (TPSA) is 107 Å². The molecule has 0 unspecified atom stereocenters. The minimum absolute atomic E-state index is 0.0330. The van der Waals surface area contributed by atoms with E-state index in [1.807, 2.05) is 13.0 Å². The van der Waals surface area contributed by atoms with Gasteiger partial charge in [0.05, 0.1) is 13.2 Å². The van der Waals surface area contributed by atoms with Gasteiger partial charge in [-0.1, -0.05) is 37.0 Å². The average Bonchev–Trinajstić information content (AvgIpc) is 2.84. The maximum Gasteiger partial charge on any atom is 0.253 e. The first-order valence-electron chi connectivity index (χ1n) is 11.5. The molecule has 1 heterocycles. The number of rotatable bonds is 5. The molecule has 188 valence electrons. The summed E-state index contributed by atoms with van der Waals surface area (Å²) in [4.78, 5) is 14.5. The molecule has 0 aromatic heterocycles. The second-order valence-electron chi connectivity index (χ2n) is 8.90. The molecular weight excluding hydrogens is 468 g/mol. The molecule has 1 amide bonds. The number of hydrogen-bond donors (Lipinski definition) is 2. The number of aliphatic hydroxyl groups excluding tert-OH is 2. The van der Waals surface area contributed by atoms with E-state index in [0.717, 1.165) is 0 Å². The maximum absolute atomic E-state index is 13.5. The molecule has 0 saturated carbocycles. The molecule has 9 heteroatoms. The van der Waals surface area contributed by atoms with Gasteiger partial charge in [-0.3, -0.25) is 4.79 Å². The number of benzene rings is 2. The summed E-state index contributed by atoms with van der Waals surface area (Å²) < 4.78 is 34.6. The van der Waals surface area contributed by atoms with E-state index in [0.29, 0.717) is 11.1 Å². The van der Waals surface area contributed by atoms with E-state index in [4.69, 9.17) is 4.74 Å². The minimum atomic E-state index is -3.98. The van der Waals surface area contributed by atoms with E-state index < -0.39 is 28.3 Å². The number of hydrogen-bond acceptors (Lipinski definition) is 6. The van der Waals surface area contributed by atoms with E-state index in [9.17, 15) is 23.4 Å². The van der Waals surface area contributed by atoms with Gasteiger partial charge in [0.2, 0.25) is 10.0 Å². The number of aliphatic hydroxyl groups is 2. The standard InChI is InChI=1S/C26H32N2O6S/c1-18-15-28(19(2)17-29)35(32,33)25-13-12-21(11-10-20(3)30)14-23(25)34-24(18)16-27(4)26(31)22-8-6-5-7-9-22/h5-9,12-14,18-20,24,29-30H,15-17H2,1-4H3/t18-,19+,20+,24-/m0/s1. The quantitative estimate of drug-likeness (QED) is 0.608. The van der Waals surface area contributed by atoms with Crippen LogP contribution in [0.15, 0.2) is 53.4 Å². The maximum atomic E-state index is 13.5. The van der Waals surface area contributed by atoms with Crippen LogP contribution in [0.25, 0.3) is 0 Å². The molecule has 3 rings (SSSR count). The minimum Gasteiger partial charge on any atom is -0.487 e. The molecule has 0 bridgehead atoms. The van der Waals surface area contributed by atoms with Crippen LogP contribution in [0.1, 0.15) is 36.7 Å². The lowest BCUT2D eigenvalue weighted by Gasteiger charge is -2.37. The van der Waals surface area contributed by atoms with Crippen molar-refractivity contribution < 1.29 is 28.2 Å². The van der Waals surface area contributed by atoms with Gasteiger partial charge in [0.15, 0.2) is 0 Å². The van der Waals surface area contributed by atoms with Gasteiger partial charge >= 0.3 is 0 Å².